The fraction of sp³-hybridized carbons (Fsp3) is 0.133. The van der Waals surface area contributed by atoms with Gasteiger partial charge in [0.25, 0.3) is 5.91 Å². The van der Waals surface area contributed by atoms with Crippen molar-refractivity contribution in [3.05, 3.63) is 56.7 Å². The largest absolute Gasteiger partial charge is 0.296 e. The first-order valence-electron chi connectivity index (χ1n) is 6.67. The first-order chi connectivity index (χ1) is 11.1. The Balaban J connectivity index is 1.57. The number of halogens is 1. The minimum atomic E-state index is -0.145. The van der Waals surface area contributed by atoms with Crippen molar-refractivity contribution in [1.29, 1.82) is 0 Å². The highest BCUT2D eigenvalue weighted by Crippen LogP contribution is 2.29. The lowest BCUT2D eigenvalue weighted by Gasteiger charge is -1.98. The predicted octanol–water partition coefficient (Wildman–Crippen LogP) is 5.11. The summed E-state index contributed by atoms with van der Waals surface area (Å²) in [5.41, 5.74) is 2.24. The fourth-order valence-corrected chi connectivity index (χ4v) is 4.38. The van der Waals surface area contributed by atoms with Gasteiger partial charge in [0.2, 0.25) is 5.13 Å². The number of anilines is 1. The number of benzene rings is 1. The highest BCUT2D eigenvalue weighted by atomic mass is 35.5. The molecule has 0 atom stereocenters. The highest BCUT2D eigenvalue weighted by Gasteiger charge is 2.12. The summed E-state index contributed by atoms with van der Waals surface area (Å²) >= 11 is 10.2. The van der Waals surface area contributed by atoms with Crippen molar-refractivity contribution in [2.75, 3.05) is 5.32 Å². The molecule has 0 aliphatic carbocycles. The number of amides is 1. The number of hydrogen-bond donors (Lipinski definition) is 1. The SMILES string of the molecule is Cc1csc(C(=O)Nc2nnc(SCc3ccc(Cl)cc3)s2)c1. The van der Waals surface area contributed by atoms with Crippen LogP contribution < -0.4 is 5.32 Å². The van der Waals surface area contributed by atoms with E-state index in [2.05, 4.69) is 15.5 Å². The average molecular weight is 382 g/mol. The van der Waals surface area contributed by atoms with Gasteiger partial charge >= 0.3 is 0 Å². The van der Waals surface area contributed by atoms with Crippen molar-refractivity contribution in [2.45, 2.75) is 17.0 Å². The van der Waals surface area contributed by atoms with Crippen LogP contribution in [0.1, 0.15) is 20.8 Å². The van der Waals surface area contributed by atoms with Crippen LogP contribution in [0.5, 0.6) is 0 Å². The van der Waals surface area contributed by atoms with Gasteiger partial charge in [0.15, 0.2) is 4.34 Å². The number of thioether (sulfide) groups is 1. The Labute approximate surface area is 150 Å². The average Bonchev–Trinajstić information content (AvgIpc) is 3.16. The molecule has 0 radical (unpaired) electrons. The van der Waals surface area contributed by atoms with Gasteiger partial charge in [0.1, 0.15) is 0 Å². The van der Waals surface area contributed by atoms with Gasteiger partial charge in [-0.1, -0.05) is 46.8 Å². The molecule has 1 amide bonds. The highest BCUT2D eigenvalue weighted by molar-refractivity contribution is 8.00. The standard InChI is InChI=1S/C15H12ClN3OS3/c1-9-6-12(21-7-9)13(20)17-14-18-19-15(23-14)22-8-10-2-4-11(16)5-3-10/h2-7H,8H2,1H3,(H,17,18,20). The first-order valence-corrected chi connectivity index (χ1v) is 9.73. The maximum atomic E-state index is 12.1. The van der Waals surface area contributed by atoms with Crippen molar-refractivity contribution in [3.8, 4) is 0 Å². The summed E-state index contributed by atoms with van der Waals surface area (Å²) in [5.74, 6) is 0.637. The molecular formula is C15H12ClN3OS3. The molecule has 1 aromatic carbocycles. The molecule has 2 heterocycles. The van der Waals surface area contributed by atoms with E-state index in [-0.39, 0.29) is 5.91 Å². The minimum Gasteiger partial charge on any atom is -0.296 e. The quantitative estimate of drug-likeness (QED) is 0.493. The van der Waals surface area contributed by atoms with Gasteiger partial charge in [0, 0.05) is 10.8 Å². The van der Waals surface area contributed by atoms with Crippen molar-refractivity contribution in [1.82, 2.24) is 10.2 Å². The maximum Gasteiger partial charge on any atom is 0.267 e. The summed E-state index contributed by atoms with van der Waals surface area (Å²) in [5, 5.41) is 14.1. The predicted molar refractivity (Wildman–Crippen MR) is 97.9 cm³/mol. The van der Waals surface area contributed by atoms with E-state index in [0.717, 1.165) is 26.2 Å². The summed E-state index contributed by atoms with van der Waals surface area (Å²) in [6, 6.07) is 9.56. The molecule has 1 N–H and O–H groups in total. The number of aryl methyl sites for hydroxylation is 1. The van der Waals surface area contributed by atoms with Gasteiger partial charge in [-0.25, -0.2) is 0 Å². The Bertz CT molecular complexity index is 813. The van der Waals surface area contributed by atoms with Gasteiger partial charge in [0.05, 0.1) is 4.88 Å². The van der Waals surface area contributed by atoms with Crippen LogP contribution in [-0.4, -0.2) is 16.1 Å². The maximum absolute atomic E-state index is 12.1. The van der Waals surface area contributed by atoms with Gasteiger partial charge in [-0.15, -0.1) is 21.5 Å². The van der Waals surface area contributed by atoms with E-state index < -0.39 is 0 Å². The molecule has 0 saturated carbocycles. The van der Waals surface area contributed by atoms with Crippen LogP contribution in [0.3, 0.4) is 0 Å². The second-order valence-electron chi connectivity index (χ2n) is 4.73. The number of hydrogen-bond acceptors (Lipinski definition) is 6. The zero-order chi connectivity index (χ0) is 16.2. The number of carbonyl (C=O) groups is 1. The van der Waals surface area contributed by atoms with Gasteiger partial charge in [-0.2, -0.15) is 0 Å². The van der Waals surface area contributed by atoms with E-state index in [4.69, 9.17) is 11.6 Å². The minimum absolute atomic E-state index is 0.145. The molecule has 0 spiro atoms. The zero-order valence-corrected chi connectivity index (χ0v) is 15.3. The lowest BCUT2D eigenvalue weighted by atomic mass is 10.2. The third kappa shape index (κ3) is 4.54. The molecule has 4 nitrogen and oxygen atoms in total. The number of nitrogens with one attached hydrogen (secondary N) is 1. The van der Waals surface area contributed by atoms with Crippen LogP contribution in [0.15, 0.2) is 40.1 Å². The molecule has 3 rings (SSSR count). The topological polar surface area (TPSA) is 54.9 Å². The molecule has 118 valence electrons. The van der Waals surface area contributed by atoms with Crippen LogP contribution in [0.25, 0.3) is 0 Å². The molecule has 8 heteroatoms. The molecule has 3 aromatic rings. The van der Waals surface area contributed by atoms with E-state index >= 15 is 0 Å². The molecule has 2 aromatic heterocycles. The Morgan fingerprint density at radius 1 is 1.30 bits per heavy atom. The number of aromatic nitrogens is 2. The van der Waals surface area contributed by atoms with Crippen LogP contribution in [0, 0.1) is 6.92 Å². The first kappa shape index (κ1) is 16.4. The Hall–Kier alpha value is -1.41. The Kier molecular flexibility index (Phi) is 5.32. The third-order valence-corrected chi connectivity index (χ3v) is 6.20. The van der Waals surface area contributed by atoms with Crippen LogP contribution >= 0.6 is 46.0 Å². The Morgan fingerprint density at radius 2 is 2.09 bits per heavy atom. The smallest absolute Gasteiger partial charge is 0.267 e. The monoisotopic (exact) mass is 381 g/mol. The normalized spacial score (nSPS) is 10.7. The van der Waals surface area contributed by atoms with Crippen LogP contribution in [0.4, 0.5) is 5.13 Å². The van der Waals surface area contributed by atoms with Crippen molar-refractivity contribution >= 4 is 57.1 Å². The molecule has 0 aliphatic rings. The summed E-state index contributed by atoms with van der Waals surface area (Å²) in [4.78, 5) is 12.7. The molecule has 0 bridgehead atoms. The molecule has 0 saturated heterocycles. The molecule has 23 heavy (non-hydrogen) atoms. The van der Waals surface area contributed by atoms with Gasteiger partial charge in [-0.3, -0.25) is 10.1 Å². The summed E-state index contributed by atoms with van der Waals surface area (Å²) in [6.07, 6.45) is 0. The molecule has 0 fully saturated rings. The van der Waals surface area contributed by atoms with Crippen molar-refractivity contribution in [3.63, 3.8) is 0 Å². The van der Waals surface area contributed by atoms with E-state index in [0.29, 0.717) is 10.0 Å². The summed E-state index contributed by atoms with van der Waals surface area (Å²) in [7, 11) is 0. The van der Waals surface area contributed by atoms with E-state index in [1.165, 1.54) is 22.7 Å². The third-order valence-electron chi connectivity index (χ3n) is 2.86. The fourth-order valence-electron chi connectivity index (χ4n) is 1.75. The lowest BCUT2D eigenvalue weighted by Crippen LogP contribution is -2.09. The number of carbonyl (C=O) groups excluding carboxylic acids is 1. The Morgan fingerprint density at radius 3 is 2.78 bits per heavy atom. The van der Waals surface area contributed by atoms with Gasteiger partial charge < -0.3 is 0 Å². The molecular weight excluding hydrogens is 370 g/mol. The van der Waals surface area contributed by atoms with Gasteiger partial charge in [-0.05, 0) is 41.6 Å². The summed E-state index contributed by atoms with van der Waals surface area (Å²) in [6.45, 7) is 1.96. The number of thiophene rings is 1. The second kappa shape index (κ2) is 7.44. The van der Waals surface area contributed by atoms with E-state index in [1.54, 1.807) is 11.8 Å². The zero-order valence-electron chi connectivity index (χ0n) is 12.1. The summed E-state index contributed by atoms with van der Waals surface area (Å²) < 4.78 is 0.817. The van der Waals surface area contributed by atoms with Crippen molar-refractivity contribution < 1.29 is 4.79 Å². The van der Waals surface area contributed by atoms with Crippen molar-refractivity contribution in [2.24, 2.45) is 0 Å². The van der Waals surface area contributed by atoms with Crippen LogP contribution in [0.2, 0.25) is 5.02 Å². The second-order valence-corrected chi connectivity index (χ2v) is 8.28. The van der Waals surface area contributed by atoms with Crippen LogP contribution in [-0.2, 0) is 5.75 Å². The molecule has 0 aliphatic heterocycles. The van der Waals surface area contributed by atoms with E-state index in [9.17, 15) is 4.79 Å². The van der Waals surface area contributed by atoms with E-state index in [1.807, 2.05) is 42.6 Å². The number of nitrogens with zero attached hydrogens (tertiary/aromatic N) is 2. The lowest BCUT2D eigenvalue weighted by molar-refractivity contribution is 0.103. The molecule has 0 unspecified atom stereocenters. The number of rotatable bonds is 5.